The Morgan fingerprint density at radius 2 is 1.80 bits per heavy atom. The van der Waals surface area contributed by atoms with E-state index in [2.05, 4.69) is 15.9 Å². The summed E-state index contributed by atoms with van der Waals surface area (Å²) < 4.78 is 1.02. The van der Waals surface area contributed by atoms with Gasteiger partial charge in [0.2, 0.25) is 0 Å². The lowest BCUT2D eigenvalue weighted by Gasteiger charge is -2.17. The Hall–Kier alpha value is -1.87. The van der Waals surface area contributed by atoms with Gasteiger partial charge in [0.25, 0.3) is 0 Å². The average molecular weight is 329 g/mol. The molecule has 0 spiro atoms. The van der Waals surface area contributed by atoms with Gasteiger partial charge in [-0.05, 0) is 60.4 Å². The average Bonchev–Trinajstić information content (AvgIpc) is 2.44. The van der Waals surface area contributed by atoms with Gasteiger partial charge in [-0.3, -0.25) is 4.79 Å². The van der Waals surface area contributed by atoms with Crippen LogP contribution in [0.5, 0.6) is 5.75 Å². The van der Waals surface area contributed by atoms with Crippen LogP contribution in [0.2, 0.25) is 0 Å². The zero-order valence-corrected chi connectivity index (χ0v) is 12.4. The second-order valence-electron chi connectivity index (χ2n) is 4.89. The number of allylic oxidation sites excluding steroid dienone is 1. The summed E-state index contributed by atoms with van der Waals surface area (Å²) in [6, 6.07) is 12.9. The number of aromatic hydroxyl groups is 1. The number of carbonyl (C=O) groups is 1. The van der Waals surface area contributed by atoms with Crippen molar-refractivity contribution in [3.05, 3.63) is 69.2 Å². The molecule has 0 atom stereocenters. The number of hydrogen-bond donors (Lipinski definition) is 1. The Bertz CT molecular complexity index is 699. The molecule has 1 aliphatic rings. The molecule has 3 rings (SSSR count). The Morgan fingerprint density at radius 3 is 2.55 bits per heavy atom. The van der Waals surface area contributed by atoms with E-state index in [1.807, 2.05) is 30.3 Å². The molecule has 2 nitrogen and oxygen atoms in total. The summed E-state index contributed by atoms with van der Waals surface area (Å²) >= 11 is 3.40. The maximum atomic E-state index is 12.4. The molecule has 3 heteroatoms. The van der Waals surface area contributed by atoms with E-state index in [0.29, 0.717) is 12.0 Å². The van der Waals surface area contributed by atoms with Crippen molar-refractivity contribution in [3.8, 4) is 5.75 Å². The molecule has 0 aliphatic heterocycles. The summed E-state index contributed by atoms with van der Waals surface area (Å²) in [6.45, 7) is 0. The van der Waals surface area contributed by atoms with E-state index in [1.165, 1.54) is 0 Å². The molecule has 20 heavy (non-hydrogen) atoms. The molecule has 1 aliphatic carbocycles. The van der Waals surface area contributed by atoms with Crippen molar-refractivity contribution in [2.45, 2.75) is 12.8 Å². The summed E-state index contributed by atoms with van der Waals surface area (Å²) in [7, 11) is 0. The van der Waals surface area contributed by atoms with Crippen LogP contribution >= 0.6 is 15.9 Å². The first-order valence-electron chi connectivity index (χ1n) is 6.46. The Kier molecular flexibility index (Phi) is 3.45. The van der Waals surface area contributed by atoms with Crippen LogP contribution in [0.1, 0.15) is 27.9 Å². The Balaban J connectivity index is 1.95. The van der Waals surface area contributed by atoms with Gasteiger partial charge in [0.15, 0.2) is 5.78 Å². The maximum absolute atomic E-state index is 12.4. The predicted molar refractivity (Wildman–Crippen MR) is 82.9 cm³/mol. The fraction of sp³-hybridized carbons (Fsp3) is 0.118. The van der Waals surface area contributed by atoms with Crippen LogP contribution in [0.4, 0.5) is 0 Å². The largest absolute Gasteiger partial charge is 0.508 e. The molecular formula is C17H13BrO2. The topological polar surface area (TPSA) is 37.3 Å². The van der Waals surface area contributed by atoms with Crippen molar-refractivity contribution in [1.82, 2.24) is 0 Å². The van der Waals surface area contributed by atoms with Crippen LogP contribution in [-0.2, 0) is 6.42 Å². The molecule has 0 saturated carbocycles. The van der Waals surface area contributed by atoms with Gasteiger partial charge < -0.3 is 5.11 Å². The smallest absolute Gasteiger partial charge is 0.189 e. The van der Waals surface area contributed by atoms with E-state index in [1.54, 1.807) is 18.2 Å². The molecule has 0 amide bonds. The molecule has 0 saturated heterocycles. The van der Waals surface area contributed by atoms with E-state index >= 15 is 0 Å². The molecule has 0 radical (unpaired) electrons. The number of benzene rings is 2. The van der Waals surface area contributed by atoms with Crippen LogP contribution in [0.3, 0.4) is 0 Å². The number of Topliss-reactive ketones (excluding diaryl/α,β-unsaturated/α-hetero) is 1. The first-order chi connectivity index (χ1) is 9.63. The monoisotopic (exact) mass is 328 g/mol. The first kappa shape index (κ1) is 13.1. The van der Waals surface area contributed by atoms with E-state index in [0.717, 1.165) is 27.6 Å². The molecule has 0 heterocycles. The van der Waals surface area contributed by atoms with E-state index in [9.17, 15) is 9.90 Å². The number of ketones is 1. The van der Waals surface area contributed by atoms with Gasteiger partial charge in [0.05, 0.1) is 0 Å². The molecule has 0 aromatic heterocycles. The third kappa shape index (κ3) is 2.54. The number of aryl methyl sites for hydroxylation is 1. The van der Waals surface area contributed by atoms with Gasteiger partial charge in [-0.15, -0.1) is 0 Å². The summed E-state index contributed by atoms with van der Waals surface area (Å²) in [6.07, 6.45) is 3.45. The summed E-state index contributed by atoms with van der Waals surface area (Å²) in [5, 5.41) is 9.47. The molecule has 2 aromatic carbocycles. The third-order valence-corrected chi connectivity index (χ3v) is 4.03. The molecule has 2 aromatic rings. The highest BCUT2D eigenvalue weighted by atomic mass is 79.9. The first-order valence-corrected chi connectivity index (χ1v) is 7.25. The van der Waals surface area contributed by atoms with Crippen LogP contribution in [0, 0.1) is 0 Å². The van der Waals surface area contributed by atoms with Gasteiger partial charge in [0, 0.05) is 15.6 Å². The van der Waals surface area contributed by atoms with E-state index in [4.69, 9.17) is 0 Å². The minimum absolute atomic E-state index is 0.0640. The Morgan fingerprint density at radius 1 is 1.05 bits per heavy atom. The number of fused-ring (bicyclic) bond motifs is 1. The van der Waals surface area contributed by atoms with Crippen molar-refractivity contribution in [3.63, 3.8) is 0 Å². The lowest BCUT2D eigenvalue weighted by atomic mass is 9.86. The van der Waals surface area contributed by atoms with Crippen molar-refractivity contribution in [1.29, 1.82) is 0 Å². The number of hydrogen-bond acceptors (Lipinski definition) is 2. The van der Waals surface area contributed by atoms with Crippen LogP contribution in [-0.4, -0.2) is 10.9 Å². The minimum atomic E-state index is 0.0640. The zero-order chi connectivity index (χ0) is 14.1. The third-order valence-electron chi connectivity index (χ3n) is 3.50. The summed E-state index contributed by atoms with van der Waals surface area (Å²) in [5.41, 5.74) is 3.49. The van der Waals surface area contributed by atoms with Gasteiger partial charge in [0.1, 0.15) is 5.75 Å². The van der Waals surface area contributed by atoms with Crippen molar-refractivity contribution < 1.29 is 9.90 Å². The predicted octanol–water partition coefficient (Wildman–Crippen LogP) is 4.37. The SMILES string of the molecule is O=C1C(=Cc2ccc(Br)cc2)CCc2cc(O)ccc21. The quantitative estimate of drug-likeness (QED) is 0.789. The number of phenols is 1. The van der Waals surface area contributed by atoms with Crippen LogP contribution in [0.15, 0.2) is 52.5 Å². The van der Waals surface area contributed by atoms with Gasteiger partial charge in [-0.1, -0.05) is 28.1 Å². The van der Waals surface area contributed by atoms with Crippen LogP contribution < -0.4 is 0 Å². The highest BCUT2D eigenvalue weighted by Gasteiger charge is 2.21. The fourth-order valence-electron chi connectivity index (χ4n) is 2.46. The summed E-state index contributed by atoms with van der Waals surface area (Å²) in [5.74, 6) is 0.283. The van der Waals surface area contributed by atoms with Gasteiger partial charge in [-0.2, -0.15) is 0 Å². The molecule has 1 N–H and O–H groups in total. The number of phenolic OH excluding ortho intramolecular Hbond substituents is 1. The minimum Gasteiger partial charge on any atom is -0.508 e. The fourth-order valence-corrected chi connectivity index (χ4v) is 2.73. The molecule has 0 fully saturated rings. The number of halogens is 1. The highest BCUT2D eigenvalue weighted by molar-refractivity contribution is 9.10. The molecule has 0 unspecified atom stereocenters. The normalized spacial score (nSPS) is 16.2. The lowest BCUT2D eigenvalue weighted by molar-refractivity contribution is 0.102. The van der Waals surface area contributed by atoms with Crippen molar-refractivity contribution in [2.75, 3.05) is 0 Å². The lowest BCUT2D eigenvalue weighted by Crippen LogP contribution is -2.13. The van der Waals surface area contributed by atoms with Gasteiger partial charge >= 0.3 is 0 Å². The van der Waals surface area contributed by atoms with Crippen molar-refractivity contribution >= 4 is 27.8 Å². The zero-order valence-electron chi connectivity index (χ0n) is 10.8. The number of rotatable bonds is 1. The van der Waals surface area contributed by atoms with E-state index < -0.39 is 0 Å². The summed E-state index contributed by atoms with van der Waals surface area (Å²) in [4.78, 5) is 12.4. The second kappa shape index (κ2) is 5.25. The second-order valence-corrected chi connectivity index (χ2v) is 5.81. The van der Waals surface area contributed by atoms with Crippen molar-refractivity contribution in [2.24, 2.45) is 0 Å². The Labute approximate surface area is 125 Å². The van der Waals surface area contributed by atoms with Gasteiger partial charge in [-0.25, -0.2) is 0 Å². The number of carbonyl (C=O) groups excluding carboxylic acids is 1. The maximum Gasteiger partial charge on any atom is 0.189 e. The highest BCUT2D eigenvalue weighted by Crippen LogP contribution is 2.29. The van der Waals surface area contributed by atoms with Crippen LogP contribution in [0.25, 0.3) is 6.08 Å². The molecule has 100 valence electrons. The molecular weight excluding hydrogens is 316 g/mol. The van der Waals surface area contributed by atoms with E-state index in [-0.39, 0.29) is 11.5 Å². The standard InChI is InChI=1S/C17H13BrO2/c18-14-5-1-11(2-6-14)9-13-4-3-12-10-15(19)7-8-16(12)17(13)20/h1-2,5-10,19H,3-4H2. The molecule has 0 bridgehead atoms.